The molecular formula is C34H60N10O4S2. The van der Waals surface area contributed by atoms with Crippen LogP contribution in [0.5, 0.6) is 0 Å². The van der Waals surface area contributed by atoms with Crippen molar-refractivity contribution < 1.29 is 19.2 Å². The summed E-state index contributed by atoms with van der Waals surface area (Å²) in [5.74, 6) is 3.07. The van der Waals surface area contributed by atoms with Gasteiger partial charge in [0, 0.05) is 73.9 Å². The standard InChI is InChI=1S/C34H60N10O4S2/c35-33-41-23-21-49-25(31(23)43-33)11-5-7-15-27(45)37-17-9-1-3-13-29(47)39-19-20-40-30(48)14-4-2-10-18-38-28(46)16-8-6-12-26-32-24(22-50-26)42-34(36)44-32/h23-26,31-32H,1-22H2,(H,37,45)(H,38,46)(H,39,47)(H,40,48)(H3,35,41,43)(H3,36,42,44)/t23-,24-,25?,26?,31-,32-/m0/s1. The maximum atomic E-state index is 12.1. The minimum absolute atomic E-state index is 0.0236. The zero-order chi connectivity index (χ0) is 35.6. The van der Waals surface area contributed by atoms with E-state index in [2.05, 4.69) is 42.5 Å². The molecule has 4 saturated heterocycles. The van der Waals surface area contributed by atoms with E-state index in [4.69, 9.17) is 10.8 Å². The molecule has 0 radical (unpaired) electrons. The van der Waals surface area contributed by atoms with Crippen LogP contribution in [0.3, 0.4) is 0 Å². The van der Waals surface area contributed by atoms with Gasteiger partial charge in [-0.3, -0.25) is 30.0 Å². The number of carbonyl (C=O) groups is 4. The summed E-state index contributed by atoms with van der Waals surface area (Å²) in [7, 11) is 0. The van der Waals surface area contributed by atoms with Crippen molar-refractivity contribution in [3.8, 4) is 0 Å². The molecule has 4 fully saturated rings. The average molecular weight is 737 g/mol. The summed E-state index contributed by atoms with van der Waals surface area (Å²) in [6, 6.07) is 1.41. The second-order valence-electron chi connectivity index (χ2n) is 13.8. The first-order valence-corrected chi connectivity index (χ1v) is 20.9. The summed E-state index contributed by atoms with van der Waals surface area (Å²) in [5, 5.41) is 40.9. The molecule has 0 bridgehead atoms. The number of fused-ring (bicyclic) bond motifs is 2. The number of carbonyl (C=O) groups excluding carboxylic acids is 4. The van der Waals surface area contributed by atoms with Gasteiger partial charge in [0.1, 0.15) is 0 Å². The van der Waals surface area contributed by atoms with E-state index in [1.807, 2.05) is 23.5 Å². The topological polar surface area (TPSA) is 212 Å². The fraction of sp³-hybridized carbons (Fsp3) is 0.824. The molecule has 4 heterocycles. The first-order valence-electron chi connectivity index (χ1n) is 18.8. The Balaban J connectivity index is 0.847. The lowest BCUT2D eigenvalue weighted by atomic mass is 10.0. The van der Waals surface area contributed by atoms with Crippen LogP contribution in [0, 0.1) is 10.8 Å². The zero-order valence-electron chi connectivity index (χ0n) is 29.5. The lowest BCUT2D eigenvalue weighted by Gasteiger charge is -2.16. The van der Waals surface area contributed by atoms with E-state index < -0.39 is 0 Å². The summed E-state index contributed by atoms with van der Waals surface area (Å²) in [6.07, 6.45) is 12.8. The molecule has 0 aromatic heterocycles. The molecule has 4 amide bonds. The highest BCUT2D eigenvalue weighted by molar-refractivity contribution is 8.00. The van der Waals surface area contributed by atoms with Crippen LogP contribution < -0.4 is 42.5 Å². The molecule has 10 N–H and O–H groups in total. The highest BCUT2D eigenvalue weighted by Gasteiger charge is 2.42. The van der Waals surface area contributed by atoms with Crippen molar-refractivity contribution in [2.45, 2.75) is 137 Å². The number of guanidine groups is 2. The smallest absolute Gasteiger partial charge is 0.220 e. The van der Waals surface area contributed by atoms with Crippen molar-refractivity contribution in [2.75, 3.05) is 37.7 Å². The van der Waals surface area contributed by atoms with Gasteiger partial charge >= 0.3 is 0 Å². The quantitative estimate of drug-likeness (QED) is 0.0613. The third kappa shape index (κ3) is 14.4. The molecular weight excluding hydrogens is 677 g/mol. The molecule has 282 valence electrons. The Morgan fingerprint density at radius 2 is 0.860 bits per heavy atom. The van der Waals surface area contributed by atoms with Crippen molar-refractivity contribution in [2.24, 2.45) is 0 Å². The number of nitrogens with one attached hydrogen (secondary N) is 10. The second-order valence-corrected chi connectivity index (χ2v) is 16.4. The highest BCUT2D eigenvalue weighted by atomic mass is 32.2. The van der Waals surface area contributed by atoms with Crippen molar-refractivity contribution in [3.05, 3.63) is 0 Å². The fourth-order valence-corrected chi connectivity index (χ4v) is 10.1. The third-order valence-electron chi connectivity index (χ3n) is 9.79. The Hall–Kier alpha value is -2.88. The Morgan fingerprint density at radius 3 is 1.26 bits per heavy atom. The van der Waals surface area contributed by atoms with Gasteiger partial charge in [0.2, 0.25) is 23.6 Å². The molecule has 14 nitrogen and oxygen atoms in total. The highest BCUT2D eigenvalue weighted by Crippen LogP contribution is 2.34. The number of hydrogen-bond donors (Lipinski definition) is 10. The second kappa shape index (κ2) is 22.1. The van der Waals surface area contributed by atoms with E-state index in [0.717, 1.165) is 88.6 Å². The monoisotopic (exact) mass is 736 g/mol. The minimum Gasteiger partial charge on any atom is -0.356 e. The molecule has 4 rings (SSSR count). The van der Waals surface area contributed by atoms with Crippen LogP contribution in [-0.4, -0.2) is 108 Å². The zero-order valence-corrected chi connectivity index (χ0v) is 31.1. The summed E-state index contributed by atoms with van der Waals surface area (Å²) in [4.78, 5) is 48.4. The summed E-state index contributed by atoms with van der Waals surface area (Å²) in [5.41, 5.74) is 0. The Morgan fingerprint density at radius 1 is 0.500 bits per heavy atom. The van der Waals surface area contributed by atoms with Crippen LogP contribution in [-0.2, 0) is 19.2 Å². The van der Waals surface area contributed by atoms with Gasteiger partial charge in [-0.2, -0.15) is 23.5 Å². The van der Waals surface area contributed by atoms with Gasteiger partial charge in [0.25, 0.3) is 0 Å². The van der Waals surface area contributed by atoms with Crippen LogP contribution in [0.2, 0.25) is 0 Å². The molecule has 4 aliphatic rings. The third-order valence-corrected chi connectivity index (χ3v) is 12.8. The van der Waals surface area contributed by atoms with Crippen LogP contribution >= 0.6 is 23.5 Å². The number of unbranched alkanes of at least 4 members (excludes halogenated alkanes) is 6. The molecule has 4 aliphatic heterocycles. The van der Waals surface area contributed by atoms with Gasteiger partial charge < -0.3 is 42.5 Å². The van der Waals surface area contributed by atoms with E-state index in [9.17, 15) is 19.2 Å². The molecule has 0 aromatic rings. The van der Waals surface area contributed by atoms with Crippen molar-refractivity contribution in [1.29, 1.82) is 10.8 Å². The maximum Gasteiger partial charge on any atom is 0.220 e. The first kappa shape index (κ1) is 39.9. The minimum atomic E-state index is -0.0236. The van der Waals surface area contributed by atoms with Gasteiger partial charge in [0.05, 0.1) is 24.2 Å². The number of thioether (sulfide) groups is 2. The molecule has 0 saturated carbocycles. The van der Waals surface area contributed by atoms with E-state index in [1.165, 1.54) is 0 Å². The van der Waals surface area contributed by atoms with Gasteiger partial charge in [-0.05, 0) is 51.4 Å². The van der Waals surface area contributed by atoms with Crippen molar-refractivity contribution in [1.82, 2.24) is 42.5 Å². The van der Waals surface area contributed by atoms with Crippen LogP contribution in [0.1, 0.15) is 103 Å². The van der Waals surface area contributed by atoms with E-state index in [0.29, 0.717) is 98.4 Å². The Kier molecular flexibility index (Phi) is 17.7. The number of amides is 4. The van der Waals surface area contributed by atoms with E-state index >= 15 is 0 Å². The average Bonchev–Trinajstić information content (AvgIpc) is 3.85. The summed E-state index contributed by atoms with van der Waals surface area (Å²) < 4.78 is 0. The number of rotatable bonds is 25. The maximum absolute atomic E-state index is 12.1. The molecule has 50 heavy (non-hydrogen) atoms. The normalized spacial score (nSPS) is 24.7. The molecule has 0 aromatic carbocycles. The molecule has 0 spiro atoms. The van der Waals surface area contributed by atoms with Crippen LogP contribution in [0.15, 0.2) is 0 Å². The molecule has 6 atom stereocenters. The van der Waals surface area contributed by atoms with Gasteiger partial charge in [-0.25, -0.2) is 0 Å². The van der Waals surface area contributed by atoms with Gasteiger partial charge in [-0.1, -0.05) is 25.7 Å². The van der Waals surface area contributed by atoms with Crippen molar-refractivity contribution >= 4 is 59.1 Å². The predicted molar refractivity (Wildman–Crippen MR) is 202 cm³/mol. The fourth-order valence-electron chi connectivity index (χ4n) is 7.00. The summed E-state index contributed by atoms with van der Waals surface area (Å²) in [6.45, 7) is 2.08. The predicted octanol–water partition coefficient (Wildman–Crippen LogP) is 1.65. The van der Waals surface area contributed by atoms with Gasteiger partial charge in [-0.15, -0.1) is 0 Å². The van der Waals surface area contributed by atoms with Crippen LogP contribution in [0.25, 0.3) is 0 Å². The van der Waals surface area contributed by atoms with Gasteiger partial charge in [0.15, 0.2) is 11.9 Å². The largest absolute Gasteiger partial charge is 0.356 e. The molecule has 0 aliphatic carbocycles. The Labute approximate surface area is 305 Å². The molecule has 2 unspecified atom stereocenters. The van der Waals surface area contributed by atoms with E-state index in [1.54, 1.807) is 0 Å². The first-order chi connectivity index (χ1) is 24.3. The number of hydrogen-bond acceptors (Lipinski definition) is 8. The van der Waals surface area contributed by atoms with Crippen LogP contribution in [0.4, 0.5) is 0 Å². The van der Waals surface area contributed by atoms with E-state index in [-0.39, 0.29) is 23.6 Å². The molecule has 16 heteroatoms. The summed E-state index contributed by atoms with van der Waals surface area (Å²) >= 11 is 3.91. The van der Waals surface area contributed by atoms with Crippen molar-refractivity contribution in [3.63, 3.8) is 0 Å². The Bertz CT molecular complexity index is 1060. The lowest BCUT2D eigenvalue weighted by molar-refractivity contribution is -0.123. The SMILES string of the molecule is N=C1N[C@H]2CSC(CCCCC(=O)NCCCCCC(=O)NCCNC(=O)CCCCCNC(=O)CCCCC3SC[C@@H]4NC(=N)N[C@H]34)[C@H]2N1. The lowest BCUT2D eigenvalue weighted by Crippen LogP contribution is -2.36.